The van der Waals surface area contributed by atoms with Crippen LogP contribution in [-0.2, 0) is 4.79 Å². The molecule has 5 nitrogen and oxygen atoms in total. The van der Waals surface area contributed by atoms with Crippen molar-refractivity contribution >= 4 is 35.1 Å². The van der Waals surface area contributed by atoms with E-state index in [2.05, 4.69) is 10.9 Å². The van der Waals surface area contributed by atoms with Gasteiger partial charge in [0.25, 0.3) is 5.91 Å². The Hall–Kier alpha value is -1.30. The Balaban J connectivity index is 2.68. The molecule has 20 heavy (non-hydrogen) atoms. The SMILES string of the molecule is CC(C)C[C@H](NNC(=O)c1ccc(Cl)cc1Cl)C(=O)O. The normalized spacial score (nSPS) is 12.2. The number of hydrazine groups is 1. The van der Waals surface area contributed by atoms with Crippen LogP contribution in [0.25, 0.3) is 0 Å². The van der Waals surface area contributed by atoms with Crippen molar-refractivity contribution in [2.75, 3.05) is 0 Å². The molecule has 0 saturated heterocycles. The first-order chi connectivity index (χ1) is 9.31. The molecule has 1 atom stereocenters. The molecule has 0 saturated carbocycles. The lowest BCUT2D eigenvalue weighted by Gasteiger charge is -2.17. The third-order valence-electron chi connectivity index (χ3n) is 2.54. The van der Waals surface area contributed by atoms with Gasteiger partial charge in [0.15, 0.2) is 0 Å². The molecule has 110 valence electrons. The summed E-state index contributed by atoms with van der Waals surface area (Å²) >= 11 is 11.6. The number of carboxylic acid groups (broad SMARTS) is 1. The number of halogens is 2. The molecule has 0 spiro atoms. The Bertz CT molecular complexity index is 506. The molecule has 0 heterocycles. The van der Waals surface area contributed by atoms with Crippen LogP contribution < -0.4 is 10.9 Å². The van der Waals surface area contributed by atoms with E-state index < -0.39 is 17.9 Å². The summed E-state index contributed by atoms with van der Waals surface area (Å²) in [6.45, 7) is 3.80. The van der Waals surface area contributed by atoms with Crippen LogP contribution in [0.4, 0.5) is 0 Å². The smallest absolute Gasteiger partial charge is 0.322 e. The Morgan fingerprint density at radius 1 is 1.30 bits per heavy atom. The number of benzene rings is 1. The van der Waals surface area contributed by atoms with E-state index in [1.807, 2.05) is 13.8 Å². The van der Waals surface area contributed by atoms with Gasteiger partial charge in [0.1, 0.15) is 6.04 Å². The maximum absolute atomic E-state index is 11.9. The van der Waals surface area contributed by atoms with Gasteiger partial charge in [-0.15, -0.1) is 0 Å². The monoisotopic (exact) mass is 318 g/mol. The molecule has 0 aliphatic heterocycles. The zero-order valence-electron chi connectivity index (χ0n) is 11.1. The molecule has 1 aromatic rings. The zero-order chi connectivity index (χ0) is 15.3. The second-order valence-corrected chi connectivity index (χ2v) is 5.59. The summed E-state index contributed by atoms with van der Waals surface area (Å²) in [4.78, 5) is 22.9. The summed E-state index contributed by atoms with van der Waals surface area (Å²) < 4.78 is 0. The summed E-state index contributed by atoms with van der Waals surface area (Å²) in [6.07, 6.45) is 0.393. The van der Waals surface area contributed by atoms with Crippen molar-refractivity contribution < 1.29 is 14.7 Å². The number of hydrogen-bond donors (Lipinski definition) is 3. The lowest BCUT2D eigenvalue weighted by Crippen LogP contribution is -2.48. The van der Waals surface area contributed by atoms with Gasteiger partial charge in [0.2, 0.25) is 0 Å². The Kier molecular flexibility index (Phi) is 6.26. The maximum Gasteiger partial charge on any atom is 0.322 e. The van der Waals surface area contributed by atoms with Gasteiger partial charge in [-0.25, -0.2) is 5.43 Å². The highest BCUT2D eigenvalue weighted by Gasteiger charge is 2.20. The van der Waals surface area contributed by atoms with Gasteiger partial charge in [-0.1, -0.05) is 37.0 Å². The largest absolute Gasteiger partial charge is 0.480 e. The van der Waals surface area contributed by atoms with Crippen LogP contribution in [0.15, 0.2) is 18.2 Å². The Morgan fingerprint density at radius 3 is 2.45 bits per heavy atom. The molecule has 1 aromatic carbocycles. The summed E-state index contributed by atoms with van der Waals surface area (Å²) in [7, 11) is 0. The zero-order valence-corrected chi connectivity index (χ0v) is 12.6. The molecule has 0 unspecified atom stereocenters. The molecule has 1 rings (SSSR count). The molecule has 0 radical (unpaired) electrons. The summed E-state index contributed by atoms with van der Waals surface area (Å²) in [5.41, 5.74) is 5.07. The maximum atomic E-state index is 11.9. The minimum Gasteiger partial charge on any atom is -0.480 e. The molecular formula is C13H16Cl2N2O3. The molecule has 0 aliphatic rings. The fourth-order valence-electron chi connectivity index (χ4n) is 1.59. The fraction of sp³-hybridized carbons (Fsp3) is 0.385. The van der Waals surface area contributed by atoms with E-state index >= 15 is 0 Å². The number of rotatable bonds is 6. The van der Waals surface area contributed by atoms with Crippen LogP contribution in [0.3, 0.4) is 0 Å². The molecule has 0 aromatic heterocycles. The van der Waals surface area contributed by atoms with E-state index in [0.29, 0.717) is 11.4 Å². The highest BCUT2D eigenvalue weighted by molar-refractivity contribution is 6.36. The van der Waals surface area contributed by atoms with Crippen molar-refractivity contribution in [3.63, 3.8) is 0 Å². The van der Waals surface area contributed by atoms with Crippen molar-refractivity contribution in [3.05, 3.63) is 33.8 Å². The van der Waals surface area contributed by atoms with Crippen molar-refractivity contribution in [1.29, 1.82) is 0 Å². The number of aliphatic carboxylic acids is 1. The minimum absolute atomic E-state index is 0.180. The number of carboxylic acids is 1. The fourth-order valence-corrected chi connectivity index (χ4v) is 2.08. The van der Waals surface area contributed by atoms with E-state index in [-0.39, 0.29) is 16.5 Å². The molecule has 0 fully saturated rings. The van der Waals surface area contributed by atoms with Gasteiger partial charge in [0, 0.05) is 5.02 Å². The van der Waals surface area contributed by atoms with Gasteiger partial charge < -0.3 is 5.11 Å². The standard InChI is InChI=1S/C13H16Cl2N2O3/c1-7(2)5-11(13(19)20)16-17-12(18)9-4-3-8(14)6-10(9)15/h3-4,6-7,11,16H,5H2,1-2H3,(H,17,18)(H,19,20)/t11-/m0/s1. The highest BCUT2D eigenvalue weighted by atomic mass is 35.5. The lowest BCUT2D eigenvalue weighted by atomic mass is 10.0. The van der Waals surface area contributed by atoms with Gasteiger partial charge in [0.05, 0.1) is 10.6 Å². The van der Waals surface area contributed by atoms with Crippen LogP contribution in [0.1, 0.15) is 30.6 Å². The van der Waals surface area contributed by atoms with E-state index in [1.165, 1.54) is 18.2 Å². The number of nitrogens with one attached hydrogen (secondary N) is 2. The molecule has 7 heteroatoms. The lowest BCUT2D eigenvalue weighted by molar-refractivity contribution is -0.140. The number of hydrogen-bond acceptors (Lipinski definition) is 3. The van der Waals surface area contributed by atoms with Gasteiger partial charge in [-0.3, -0.25) is 15.0 Å². The van der Waals surface area contributed by atoms with Gasteiger partial charge in [-0.2, -0.15) is 0 Å². The average Bonchev–Trinajstić information content (AvgIpc) is 2.33. The van der Waals surface area contributed by atoms with E-state index in [0.717, 1.165) is 0 Å². The van der Waals surface area contributed by atoms with Crippen molar-refractivity contribution in [2.45, 2.75) is 26.3 Å². The third kappa shape index (κ3) is 5.00. The van der Waals surface area contributed by atoms with Crippen molar-refractivity contribution in [1.82, 2.24) is 10.9 Å². The molecule has 0 bridgehead atoms. The van der Waals surface area contributed by atoms with Crippen molar-refractivity contribution in [3.8, 4) is 0 Å². The van der Waals surface area contributed by atoms with E-state index in [1.54, 1.807) is 0 Å². The van der Waals surface area contributed by atoms with E-state index in [4.69, 9.17) is 28.3 Å². The predicted octanol–water partition coefficient (Wildman–Crippen LogP) is 2.73. The summed E-state index contributed by atoms with van der Waals surface area (Å²) in [5.74, 6) is -1.36. The van der Waals surface area contributed by atoms with Crippen LogP contribution in [-0.4, -0.2) is 23.0 Å². The van der Waals surface area contributed by atoms with Gasteiger partial charge >= 0.3 is 5.97 Å². The topological polar surface area (TPSA) is 78.4 Å². The first-order valence-corrected chi connectivity index (χ1v) is 6.80. The summed E-state index contributed by atoms with van der Waals surface area (Å²) in [5, 5.41) is 9.66. The average molecular weight is 319 g/mol. The third-order valence-corrected chi connectivity index (χ3v) is 3.09. The first kappa shape index (κ1) is 16.8. The second-order valence-electron chi connectivity index (χ2n) is 4.74. The second kappa shape index (κ2) is 7.47. The summed E-state index contributed by atoms with van der Waals surface area (Å²) in [6, 6.07) is 3.59. The molecule has 0 aliphatic carbocycles. The molecule has 3 N–H and O–H groups in total. The van der Waals surface area contributed by atoms with Crippen LogP contribution >= 0.6 is 23.2 Å². The van der Waals surface area contributed by atoms with Crippen molar-refractivity contribution in [2.24, 2.45) is 5.92 Å². The van der Waals surface area contributed by atoms with Crippen LogP contribution in [0.5, 0.6) is 0 Å². The number of carbonyl (C=O) groups excluding carboxylic acids is 1. The van der Waals surface area contributed by atoms with Gasteiger partial charge in [-0.05, 0) is 30.5 Å². The first-order valence-electron chi connectivity index (χ1n) is 6.05. The Labute approximate surface area is 127 Å². The number of amides is 1. The molecule has 1 amide bonds. The van der Waals surface area contributed by atoms with E-state index in [9.17, 15) is 9.59 Å². The highest BCUT2D eigenvalue weighted by Crippen LogP contribution is 2.20. The quantitative estimate of drug-likeness (QED) is 0.705. The number of carbonyl (C=O) groups is 2. The minimum atomic E-state index is -1.03. The van der Waals surface area contributed by atoms with Crippen LogP contribution in [0, 0.1) is 5.92 Å². The van der Waals surface area contributed by atoms with Crippen LogP contribution in [0.2, 0.25) is 10.0 Å². The Morgan fingerprint density at radius 2 is 1.95 bits per heavy atom. The molecular weight excluding hydrogens is 303 g/mol. The predicted molar refractivity (Wildman–Crippen MR) is 77.9 cm³/mol.